The Hall–Kier alpha value is -1.08. The number of hydrogen-bond acceptors (Lipinski definition) is 6. The van der Waals surface area contributed by atoms with Crippen LogP contribution in [0.4, 0.5) is 5.69 Å². The summed E-state index contributed by atoms with van der Waals surface area (Å²) in [5.74, 6) is 0. The van der Waals surface area contributed by atoms with Gasteiger partial charge in [-0.1, -0.05) is 6.07 Å². The lowest BCUT2D eigenvalue weighted by Gasteiger charge is -2.12. The molecule has 4 N–H and O–H groups in total. The molecule has 0 heterocycles. The third-order valence-corrected chi connectivity index (χ3v) is 3.60. The first-order valence-electron chi connectivity index (χ1n) is 4.44. The zero-order valence-corrected chi connectivity index (χ0v) is 10.7. The van der Waals surface area contributed by atoms with Gasteiger partial charge in [-0.3, -0.25) is 0 Å². The molecule has 102 valence electrons. The molecule has 1 unspecified atom stereocenters. The Kier molecular flexibility index (Phi) is 4.39. The Bertz CT molecular complexity index is 624. The van der Waals surface area contributed by atoms with Crippen LogP contribution in [0.2, 0.25) is 0 Å². The monoisotopic (exact) mass is 297 g/mol. The van der Waals surface area contributed by atoms with Gasteiger partial charge in [-0.2, -0.15) is 5.23 Å². The van der Waals surface area contributed by atoms with E-state index in [-0.39, 0.29) is 10.6 Å². The van der Waals surface area contributed by atoms with Gasteiger partial charge in [0.15, 0.2) is 5.69 Å². The van der Waals surface area contributed by atoms with Crippen molar-refractivity contribution in [3.05, 3.63) is 29.5 Å². The van der Waals surface area contributed by atoms with E-state index in [1.165, 1.54) is 12.1 Å². The number of benzene rings is 1. The van der Waals surface area contributed by atoms with E-state index < -0.39 is 25.3 Å². The van der Waals surface area contributed by atoms with Gasteiger partial charge in [0.05, 0.1) is 11.2 Å². The van der Waals surface area contributed by atoms with E-state index in [1.807, 2.05) is 0 Å². The van der Waals surface area contributed by atoms with E-state index in [9.17, 15) is 22.0 Å². The van der Waals surface area contributed by atoms with Crippen molar-refractivity contribution < 1.29 is 27.3 Å². The maximum Gasteiger partial charge on any atom is 0.254 e. The minimum absolute atomic E-state index is 0.225. The fourth-order valence-corrected chi connectivity index (χ4v) is 2.69. The molecule has 9 nitrogen and oxygen atoms in total. The van der Waals surface area contributed by atoms with Gasteiger partial charge in [0.1, 0.15) is 0 Å². The zero-order chi connectivity index (χ0) is 14.0. The molecule has 0 aliphatic heterocycles. The quantitative estimate of drug-likeness (QED) is 0.456. The molecule has 1 rings (SSSR count). The summed E-state index contributed by atoms with van der Waals surface area (Å²) < 4.78 is 44.7. The molecule has 0 fully saturated rings. The van der Waals surface area contributed by atoms with Crippen molar-refractivity contribution in [1.29, 1.82) is 0 Å². The van der Waals surface area contributed by atoms with Gasteiger partial charge in [0.2, 0.25) is 10.0 Å². The lowest BCUT2D eigenvalue weighted by atomic mass is 10.3. The molecule has 0 radical (unpaired) electrons. The van der Waals surface area contributed by atoms with Gasteiger partial charge >= 0.3 is 0 Å². The normalized spacial score (nSPS) is 14.4. The molecule has 0 saturated carbocycles. The molecule has 1 atom stereocenters. The maximum absolute atomic E-state index is 11.6. The lowest BCUT2D eigenvalue weighted by molar-refractivity contribution is -0.991. The first-order valence-corrected chi connectivity index (χ1v) is 7.81. The number of hydrazine groups is 1. The van der Waals surface area contributed by atoms with Gasteiger partial charge in [-0.25, -0.2) is 22.0 Å². The number of quaternary nitrogens is 1. The Balaban J connectivity index is 3.02. The number of sulfonamides is 2. The molecular weight excluding hydrogens is 286 g/mol. The average Bonchev–Trinajstić information content (AvgIpc) is 2.26. The topological polar surface area (TPSA) is 140 Å². The van der Waals surface area contributed by atoms with Crippen LogP contribution in [-0.4, -0.2) is 28.3 Å². The first kappa shape index (κ1) is 15.0. The molecular formula is C7H11N3O6S2. The van der Waals surface area contributed by atoms with E-state index in [1.54, 1.807) is 9.66 Å². The van der Waals surface area contributed by atoms with Crippen molar-refractivity contribution in [3.8, 4) is 0 Å². The van der Waals surface area contributed by atoms with Crippen molar-refractivity contribution in [2.24, 2.45) is 0 Å². The van der Waals surface area contributed by atoms with Crippen LogP contribution in [0.1, 0.15) is 0 Å². The van der Waals surface area contributed by atoms with Gasteiger partial charge in [-0.15, -0.1) is 9.66 Å². The zero-order valence-electron chi connectivity index (χ0n) is 9.11. The van der Waals surface area contributed by atoms with Gasteiger partial charge in [-0.05, 0) is 6.07 Å². The summed E-state index contributed by atoms with van der Waals surface area (Å²) in [6.45, 7) is 0. The molecule has 0 aliphatic carbocycles. The second-order valence-electron chi connectivity index (χ2n) is 3.31. The van der Waals surface area contributed by atoms with Gasteiger partial charge in [0, 0.05) is 12.1 Å². The van der Waals surface area contributed by atoms with E-state index in [0.717, 1.165) is 18.4 Å². The van der Waals surface area contributed by atoms with Crippen molar-refractivity contribution in [2.45, 2.75) is 4.90 Å². The van der Waals surface area contributed by atoms with E-state index in [0.29, 0.717) is 0 Å². The Morgan fingerprint density at radius 3 is 2.33 bits per heavy atom. The Morgan fingerprint density at radius 2 is 1.83 bits per heavy atom. The van der Waals surface area contributed by atoms with E-state index in [2.05, 4.69) is 0 Å². The minimum atomic E-state index is -4.15. The first-order chi connectivity index (χ1) is 8.12. The number of nitrogens with one attached hydrogen (secondary N) is 3. The third-order valence-electron chi connectivity index (χ3n) is 1.75. The van der Waals surface area contributed by atoms with Crippen LogP contribution in [0, 0.1) is 5.21 Å². The molecule has 0 spiro atoms. The van der Waals surface area contributed by atoms with Crippen LogP contribution in [0.3, 0.4) is 0 Å². The smallest absolute Gasteiger partial charge is 0.254 e. The molecule has 18 heavy (non-hydrogen) atoms. The molecule has 0 saturated heterocycles. The van der Waals surface area contributed by atoms with Crippen LogP contribution in [-0.2, 0) is 20.0 Å². The number of hydrogen-bond donors (Lipinski definition) is 4. The average molecular weight is 297 g/mol. The standard InChI is InChI=1S/C7H11N3O6S2/c1-17(13,14)8-9-18(15,16)7-4-2-3-6(5-7)10(11)12/h2-5,8-11H,1H3. The predicted octanol–water partition coefficient (Wildman–Crippen LogP) is -2.17. The highest BCUT2D eigenvalue weighted by atomic mass is 32.2. The lowest BCUT2D eigenvalue weighted by Crippen LogP contribution is -2.99. The van der Waals surface area contributed by atoms with Gasteiger partial charge in [0.25, 0.3) is 10.0 Å². The van der Waals surface area contributed by atoms with Crippen LogP contribution in [0.25, 0.3) is 0 Å². The Labute approximate surface area is 104 Å². The summed E-state index contributed by atoms with van der Waals surface area (Å²) in [6.07, 6.45) is 0.767. The molecule has 0 aliphatic rings. The summed E-state index contributed by atoms with van der Waals surface area (Å²) >= 11 is 0. The van der Waals surface area contributed by atoms with Crippen molar-refractivity contribution >= 4 is 25.7 Å². The van der Waals surface area contributed by atoms with Crippen LogP contribution >= 0.6 is 0 Å². The van der Waals surface area contributed by atoms with Gasteiger partial charge < -0.3 is 5.21 Å². The van der Waals surface area contributed by atoms with E-state index >= 15 is 0 Å². The van der Waals surface area contributed by atoms with Crippen molar-refractivity contribution in [3.63, 3.8) is 0 Å². The summed E-state index contributed by atoms with van der Waals surface area (Å²) in [6, 6.07) is 4.50. The summed E-state index contributed by atoms with van der Waals surface area (Å²) in [7, 11) is -7.90. The Morgan fingerprint density at radius 1 is 1.22 bits per heavy atom. The van der Waals surface area contributed by atoms with Crippen LogP contribution < -0.4 is 14.9 Å². The number of rotatable bonds is 5. The predicted molar refractivity (Wildman–Crippen MR) is 60.5 cm³/mol. The van der Waals surface area contributed by atoms with Crippen molar-refractivity contribution in [2.75, 3.05) is 6.26 Å². The molecule has 11 heteroatoms. The maximum atomic E-state index is 11.6. The fraction of sp³-hybridized carbons (Fsp3) is 0.143. The molecule has 0 aromatic heterocycles. The third kappa shape index (κ3) is 4.30. The highest BCUT2D eigenvalue weighted by Gasteiger charge is 2.17. The van der Waals surface area contributed by atoms with E-state index in [4.69, 9.17) is 5.21 Å². The summed E-state index contributed by atoms with van der Waals surface area (Å²) in [5.41, 5.74) is -0.225. The SMILES string of the molecule is CS(=O)(=O)NNS(=O)(=O)c1cccc([NH+]([O-])O)c1. The second kappa shape index (κ2) is 5.27. The molecule has 0 amide bonds. The minimum Gasteiger partial charge on any atom is -0.595 e. The van der Waals surface area contributed by atoms with Crippen molar-refractivity contribution in [1.82, 2.24) is 9.66 Å². The second-order valence-corrected chi connectivity index (χ2v) is 6.74. The summed E-state index contributed by atoms with van der Waals surface area (Å²) in [5, 5.41) is 18.1. The largest absolute Gasteiger partial charge is 0.595 e. The molecule has 1 aromatic rings. The highest BCUT2D eigenvalue weighted by Crippen LogP contribution is 2.11. The molecule has 1 aromatic carbocycles. The molecule has 0 bridgehead atoms. The van der Waals surface area contributed by atoms with Crippen LogP contribution in [0.15, 0.2) is 29.2 Å². The van der Waals surface area contributed by atoms with Crippen LogP contribution in [0.5, 0.6) is 0 Å². The summed E-state index contributed by atoms with van der Waals surface area (Å²) in [4.78, 5) is 2.86. The highest BCUT2D eigenvalue weighted by molar-refractivity contribution is 7.92. The fourth-order valence-electron chi connectivity index (χ4n) is 0.986.